The average molecular weight is 343 g/mol. The van der Waals surface area contributed by atoms with E-state index in [0.717, 1.165) is 24.0 Å². The SMILES string of the molecule is CCCCCC(=C/c1ccccc1)/C=C/C(=O)c1nn(C)cc1Cl. The number of rotatable bonds is 8. The summed E-state index contributed by atoms with van der Waals surface area (Å²) >= 11 is 6.03. The first-order valence-electron chi connectivity index (χ1n) is 8.27. The van der Waals surface area contributed by atoms with Gasteiger partial charge in [0.1, 0.15) is 0 Å². The Kier molecular flexibility index (Phi) is 7.01. The topological polar surface area (TPSA) is 34.9 Å². The van der Waals surface area contributed by atoms with Crippen LogP contribution in [0.15, 0.2) is 54.3 Å². The molecule has 0 aliphatic heterocycles. The molecule has 0 aliphatic rings. The van der Waals surface area contributed by atoms with Crippen LogP contribution in [0.3, 0.4) is 0 Å². The summed E-state index contributed by atoms with van der Waals surface area (Å²) < 4.78 is 1.55. The van der Waals surface area contributed by atoms with Crippen molar-refractivity contribution in [2.45, 2.75) is 32.6 Å². The molecular formula is C20H23ClN2O. The molecule has 0 aliphatic carbocycles. The summed E-state index contributed by atoms with van der Waals surface area (Å²) in [5.41, 5.74) is 2.56. The van der Waals surface area contributed by atoms with Gasteiger partial charge in [-0.3, -0.25) is 9.48 Å². The lowest BCUT2D eigenvalue weighted by Gasteiger charge is -2.03. The standard InChI is InChI=1S/C20H23ClN2O/c1-3-4-6-9-17(14-16-10-7-5-8-11-16)12-13-19(24)20-18(21)15-23(2)22-20/h5,7-8,10-15H,3-4,6,9H2,1-2H3/b13-12+,17-14-. The fourth-order valence-electron chi connectivity index (χ4n) is 2.43. The Morgan fingerprint density at radius 3 is 2.58 bits per heavy atom. The van der Waals surface area contributed by atoms with Gasteiger partial charge in [-0.1, -0.05) is 73.9 Å². The average Bonchev–Trinajstić information content (AvgIpc) is 2.92. The zero-order valence-electron chi connectivity index (χ0n) is 14.2. The van der Waals surface area contributed by atoms with Gasteiger partial charge in [0, 0.05) is 13.2 Å². The Hall–Kier alpha value is -2.13. The van der Waals surface area contributed by atoms with Crippen LogP contribution in [-0.4, -0.2) is 15.6 Å². The van der Waals surface area contributed by atoms with Gasteiger partial charge < -0.3 is 0 Å². The smallest absolute Gasteiger partial charge is 0.207 e. The van der Waals surface area contributed by atoms with Crippen LogP contribution in [0.4, 0.5) is 0 Å². The quantitative estimate of drug-likeness (QED) is 0.276. The minimum Gasteiger partial charge on any atom is -0.287 e. The number of aryl methyl sites for hydroxylation is 1. The van der Waals surface area contributed by atoms with E-state index in [-0.39, 0.29) is 5.78 Å². The van der Waals surface area contributed by atoms with Crippen LogP contribution < -0.4 is 0 Å². The third-order valence-electron chi connectivity index (χ3n) is 3.69. The third-order valence-corrected chi connectivity index (χ3v) is 3.96. The van der Waals surface area contributed by atoms with Crippen LogP contribution >= 0.6 is 11.6 Å². The Bertz CT molecular complexity index is 729. The number of carbonyl (C=O) groups is 1. The second kappa shape index (κ2) is 9.24. The van der Waals surface area contributed by atoms with Crippen LogP contribution in [0.2, 0.25) is 5.02 Å². The first-order chi connectivity index (χ1) is 11.6. The lowest BCUT2D eigenvalue weighted by atomic mass is 10.0. The van der Waals surface area contributed by atoms with Gasteiger partial charge >= 0.3 is 0 Å². The molecule has 24 heavy (non-hydrogen) atoms. The molecule has 3 nitrogen and oxygen atoms in total. The van der Waals surface area contributed by atoms with E-state index in [4.69, 9.17) is 11.6 Å². The maximum atomic E-state index is 12.3. The molecule has 1 aromatic heterocycles. The summed E-state index contributed by atoms with van der Waals surface area (Å²) in [7, 11) is 1.75. The van der Waals surface area contributed by atoms with Crippen LogP contribution in [-0.2, 0) is 7.05 Å². The Labute approximate surface area is 148 Å². The molecular weight excluding hydrogens is 320 g/mol. The van der Waals surface area contributed by atoms with Crippen molar-refractivity contribution in [3.05, 3.63) is 70.5 Å². The highest BCUT2D eigenvalue weighted by Gasteiger charge is 2.11. The highest BCUT2D eigenvalue weighted by molar-refractivity contribution is 6.34. The molecule has 0 amide bonds. The minimum absolute atomic E-state index is 0.171. The van der Waals surface area contributed by atoms with E-state index in [9.17, 15) is 4.79 Å². The molecule has 1 aromatic carbocycles. The van der Waals surface area contributed by atoms with E-state index in [1.54, 1.807) is 24.0 Å². The van der Waals surface area contributed by atoms with Crippen molar-refractivity contribution in [3.8, 4) is 0 Å². The largest absolute Gasteiger partial charge is 0.287 e. The molecule has 126 valence electrons. The van der Waals surface area contributed by atoms with Gasteiger partial charge in [-0.15, -0.1) is 0 Å². The van der Waals surface area contributed by atoms with E-state index < -0.39 is 0 Å². The summed E-state index contributed by atoms with van der Waals surface area (Å²) in [5, 5.41) is 4.49. The number of carbonyl (C=O) groups excluding carboxylic acids is 1. The molecule has 1 heterocycles. The first-order valence-corrected chi connectivity index (χ1v) is 8.65. The monoisotopic (exact) mass is 342 g/mol. The van der Waals surface area contributed by atoms with E-state index in [0.29, 0.717) is 10.7 Å². The lowest BCUT2D eigenvalue weighted by Crippen LogP contribution is -1.98. The number of benzene rings is 1. The molecule has 0 atom stereocenters. The molecule has 4 heteroatoms. The number of aromatic nitrogens is 2. The Balaban J connectivity index is 2.16. The van der Waals surface area contributed by atoms with E-state index >= 15 is 0 Å². The molecule has 2 aromatic rings. The molecule has 0 spiro atoms. The van der Waals surface area contributed by atoms with Crippen molar-refractivity contribution in [1.82, 2.24) is 9.78 Å². The second-order valence-corrected chi connectivity index (χ2v) is 6.19. The van der Waals surface area contributed by atoms with Crippen LogP contribution in [0.5, 0.6) is 0 Å². The summed E-state index contributed by atoms with van der Waals surface area (Å²) in [6.07, 6.45) is 11.6. The number of ketones is 1. The Morgan fingerprint density at radius 1 is 1.21 bits per heavy atom. The molecule has 0 unspecified atom stereocenters. The van der Waals surface area contributed by atoms with Crippen molar-refractivity contribution in [2.75, 3.05) is 0 Å². The van der Waals surface area contributed by atoms with Gasteiger partial charge in [0.05, 0.1) is 5.02 Å². The summed E-state index contributed by atoms with van der Waals surface area (Å²) in [6.45, 7) is 2.18. The maximum absolute atomic E-state index is 12.3. The van der Waals surface area contributed by atoms with Gasteiger partial charge in [0.25, 0.3) is 0 Å². The van der Waals surface area contributed by atoms with Crippen molar-refractivity contribution in [3.63, 3.8) is 0 Å². The zero-order chi connectivity index (χ0) is 17.4. The number of nitrogens with zero attached hydrogens (tertiary/aromatic N) is 2. The van der Waals surface area contributed by atoms with Gasteiger partial charge in [-0.2, -0.15) is 5.10 Å². The van der Waals surface area contributed by atoms with Crippen LogP contribution in [0.1, 0.15) is 48.7 Å². The third kappa shape index (κ3) is 5.50. The maximum Gasteiger partial charge on any atom is 0.207 e. The molecule has 0 saturated heterocycles. The lowest BCUT2D eigenvalue weighted by molar-refractivity contribution is 0.104. The molecule has 0 N–H and O–H groups in total. The number of hydrogen-bond donors (Lipinski definition) is 0. The van der Waals surface area contributed by atoms with E-state index in [1.165, 1.54) is 12.8 Å². The van der Waals surface area contributed by atoms with Crippen molar-refractivity contribution in [2.24, 2.45) is 7.05 Å². The van der Waals surface area contributed by atoms with Gasteiger partial charge in [0.2, 0.25) is 5.78 Å². The Morgan fingerprint density at radius 2 is 1.96 bits per heavy atom. The normalized spacial score (nSPS) is 12.0. The number of hydrogen-bond acceptors (Lipinski definition) is 2. The van der Waals surface area contributed by atoms with Gasteiger partial charge in [0.15, 0.2) is 5.69 Å². The second-order valence-electron chi connectivity index (χ2n) is 5.78. The van der Waals surface area contributed by atoms with Crippen LogP contribution in [0, 0.1) is 0 Å². The molecule has 0 fully saturated rings. The summed E-state index contributed by atoms with van der Waals surface area (Å²) in [6, 6.07) is 10.1. The molecule has 0 saturated carbocycles. The van der Waals surface area contributed by atoms with Crippen molar-refractivity contribution >= 4 is 23.5 Å². The molecule has 0 bridgehead atoms. The van der Waals surface area contributed by atoms with Gasteiger partial charge in [-0.05, 0) is 30.1 Å². The fraction of sp³-hybridized carbons (Fsp3) is 0.300. The van der Waals surface area contributed by atoms with Crippen molar-refractivity contribution in [1.29, 1.82) is 0 Å². The summed E-state index contributed by atoms with van der Waals surface area (Å²) in [5.74, 6) is -0.171. The zero-order valence-corrected chi connectivity index (χ0v) is 15.0. The predicted octanol–water partition coefficient (Wildman–Crippen LogP) is 5.48. The van der Waals surface area contributed by atoms with Gasteiger partial charge in [-0.25, -0.2) is 0 Å². The number of allylic oxidation sites excluding steroid dienone is 3. The fourth-order valence-corrected chi connectivity index (χ4v) is 2.71. The van der Waals surface area contributed by atoms with E-state index in [1.807, 2.05) is 24.3 Å². The summed E-state index contributed by atoms with van der Waals surface area (Å²) in [4.78, 5) is 12.3. The minimum atomic E-state index is -0.171. The highest BCUT2D eigenvalue weighted by Crippen LogP contribution is 2.17. The van der Waals surface area contributed by atoms with Crippen LogP contribution in [0.25, 0.3) is 6.08 Å². The molecule has 0 radical (unpaired) electrons. The number of unbranched alkanes of at least 4 members (excludes halogenated alkanes) is 2. The number of halogens is 1. The van der Waals surface area contributed by atoms with Crippen molar-refractivity contribution < 1.29 is 4.79 Å². The highest BCUT2D eigenvalue weighted by atomic mass is 35.5. The molecule has 2 rings (SSSR count). The predicted molar refractivity (Wildman–Crippen MR) is 100 cm³/mol. The van der Waals surface area contributed by atoms with E-state index in [2.05, 4.69) is 30.2 Å². The first kappa shape index (κ1) is 18.2.